The van der Waals surface area contributed by atoms with Gasteiger partial charge in [-0.25, -0.2) is 0 Å². The number of rotatable bonds is 9. The number of hydrogen-bond donors (Lipinski definition) is 0. The molecule has 0 saturated heterocycles. The van der Waals surface area contributed by atoms with Gasteiger partial charge in [0.05, 0.1) is 21.3 Å². The summed E-state index contributed by atoms with van der Waals surface area (Å²) in [5, 5.41) is 0. The minimum absolute atomic E-state index is 0. The molecule has 0 heterocycles. The van der Waals surface area contributed by atoms with Gasteiger partial charge in [-0.2, -0.15) is 0 Å². The third-order valence-electron chi connectivity index (χ3n) is 3.54. The lowest BCUT2D eigenvalue weighted by Gasteiger charge is -2.18. The SMILES string of the molecule is CCN(CC)CCC(=O)c1cc(OC)c(OC)c(OC)c1.Cl. The van der Waals surface area contributed by atoms with Gasteiger partial charge in [-0.1, -0.05) is 13.8 Å². The van der Waals surface area contributed by atoms with E-state index in [4.69, 9.17) is 14.2 Å². The first-order chi connectivity index (χ1) is 10.1. The molecule has 0 fully saturated rings. The Balaban J connectivity index is 0.00000441. The van der Waals surface area contributed by atoms with Crippen LogP contribution in [-0.4, -0.2) is 51.6 Å². The van der Waals surface area contributed by atoms with E-state index in [1.165, 1.54) is 0 Å². The van der Waals surface area contributed by atoms with Gasteiger partial charge in [0.25, 0.3) is 0 Å². The van der Waals surface area contributed by atoms with Crippen molar-refractivity contribution in [2.75, 3.05) is 41.0 Å². The van der Waals surface area contributed by atoms with Gasteiger partial charge in [0.15, 0.2) is 17.3 Å². The zero-order valence-corrected chi connectivity index (χ0v) is 14.8. The highest BCUT2D eigenvalue weighted by Gasteiger charge is 2.17. The maximum atomic E-state index is 12.3. The second-order valence-electron chi connectivity index (χ2n) is 4.61. The van der Waals surface area contributed by atoms with Crippen LogP contribution in [0.25, 0.3) is 0 Å². The van der Waals surface area contributed by atoms with Crippen molar-refractivity contribution in [1.29, 1.82) is 0 Å². The average Bonchev–Trinajstić information content (AvgIpc) is 2.53. The van der Waals surface area contributed by atoms with Crippen LogP contribution >= 0.6 is 12.4 Å². The molecule has 0 radical (unpaired) electrons. The van der Waals surface area contributed by atoms with Crippen LogP contribution in [-0.2, 0) is 0 Å². The third-order valence-corrected chi connectivity index (χ3v) is 3.54. The summed E-state index contributed by atoms with van der Waals surface area (Å²) >= 11 is 0. The fourth-order valence-electron chi connectivity index (χ4n) is 2.19. The maximum absolute atomic E-state index is 12.3. The summed E-state index contributed by atoms with van der Waals surface area (Å²) in [6.07, 6.45) is 0.473. The Bertz CT molecular complexity index is 450. The van der Waals surface area contributed by atoms with Crippen molar-refractivity contribution in [1.82, 2.24) is 4.90 Å². The molecule has 5 nitrogen and oxygen atoms in total. The van der Waals surface area contributed by atoms with Crippen LogP contribution in [0.1, 0.15) is 30.6 Å². The Kier molecular flexibility index (Phi) is 9.61. The van der Waals surface area contributed by atoms with E-state index in [2.05, 4.69) is 18.7 Å². The van der Waals surface area contributed by atoms with Crippen molar-refractivity contribution in [3.8, 4) is 17.2 Å². The van der Waals surface area contributed by atoms with Crippen LogP contribution in [0.5, 0.6) is 17.2 Å². The molecule has 1 aromatic rings. The van der Waals surface area contributed by atoms with E-state index in [9.17, 15) is 4.79 Å². The molecule has 0 aliphatic carbocycles. The molecule has 0 N–H and O–H groups in total. The van der Waals surface area contributed by atoms with E-state index in [1.807, 2.05) is 0 Å². The summed E-state index contributed by atoms with van der Waals surface area (Å²) in [7, 11) is 4.63. The van der Waals surface area contributed by atoms with Crippen molar-refractivity contribution < 1.29 is 19.0 Å². The van der Waals surface area contributed by atoms with Gasteiger partial charge < -0.3 is 19.1 Å². The fraction of sp³-hybridized carbons (Fsp3) is 0.562. The molecule has 0 amide bonds. The summed E-state index contributed by atoms with van der Waals surface area (Å²) < 4.78 is 15.8. The molecule has 6 heteroatoms. The van der Waals surface area contributed by atoms with Crippen LogP contribution in [0.15, 0.2) is 12.1 Å². The minimum atomic E-state index is 0. The Labute approximate surface area is 138 Å². The van der Waals surface area contributed by atoms with Crippen LogP contribution in [0, 0.1) is 0 Å². The number of ether oxygens (including phenoxy) is 3. The lowest BCUT2D eigenvalue weighted by atomic mass is 10.1. The first kappa shape index (κ1) is 20.5. The number of ketones is 1. The number of hydrogen-bond acceptors (Lipinski definition) is 5. The molecule has 0 aliphatic heterocycles. The quantitative estimate of drug-likeness (QED) is 0.651. The first-order valence-corrected chi connectivity index (χ1v) is 7.16. The summed E-state index contributed by atoms with van der Waals surface area (Å²) in [4.78, 5) is 14.6. The summed E-state index contributed by atoms with van der Waals surface area (Å²) in [6.45, 7) is 6.82. The van der Waals surface area contributed by atoms with E-state index in [1.54, 1.807) is 33.5 Å². The Morgan fingerprint density at radius 1 is 1.00 bits per heavy atom. The zero-order chi connectivity index (χ0) is 15.8. The monoisotopic (exact) mass is 331 g/mol. The lowest BCUT2D eigenvalue weighted by Crippen LogP contribution is -2.25. The highest BCUT2D eigenvalue weighted by atomic mass is 35.5. The van der Waals surface area contributed by atoms with Crippen molar-refractivity contribution in [2.45, 2.75) is 20.3 Å². The predicted molar refractivity (Wildman–Crippen MR) is 90.1 cm³/mol. The minimum Gasteiger partial charge on any atom is -0.493 e. The van der Waals surface area contributed by atoms with Gasteiger partial charge in [-0.05, 0) is 25.2 Å². The lowest BCUT2D eigenvalue weighted by molar-refractivity contribution is 0.0965. The summed E-state index contributed by atoms with van der Waals surface area (Å²) in [5.41, 5.74) is 0.580. The summed E-state index contributed by atoms with van der Waals surface area (Å²) in [6, 6.07) is 3.40. The smallest absolute Gasteiger partial charge is 0.203 e. The fourth-order valence-corrected chi connectivity index (χ4v) is 2.19. The zero-order valence-electron chi connectivity index (χ0n) is 14.0. The maximum Gasteiger partial charge on any atom is 0.203 e. The second-order valence-corrected chi connectivity index (χ2v) is 4.61. The number of methoxy groups -OCH3 is 3. The standard InChI is InChI=1S/C16H25NO4.ClH/c1-6-17(7-2)9-8-13(18)12-10-14(19-3)16(21-5)15(11-12)20-4;/h10-11H,6-9H2,1-5H3;1H. The van der Waals surface area contributed by atoms with E-state index in [-0.39, 0.29) is 18.2 Å². The van der Waals surface area contributed by atoms with Crippen molar-refractivity contribution in [3.05, 3.63) is 17.7 Å². The Hall–Kier alpha value is -1.46. The number of Topliss-reactive ketones (excluding diaryl/α,β-unsaturated/α-hetero) is 1. The predicted octanol–water partition coefficient (Wildman–Crippen LogP) is 3.05. The van der Waals surface area contributed by atoms with E-state index in [0.29, 0.717) is 29.2 Å². The molecule has 0 aromatic heterocycles. The number of carbonyl (C=O) groups is 1. The van der Waals surface area contributed by atoms with Gasteiger partial charge in [0.1, 0.15) is 0 Å². The highest BCUT2D eigenvalue weighted by Crippen LogP contribution is 2.38. The molecule has 0 saturated carbocycles. The van der Waals surface area contributed by atoms with Gasteiger partial charge >= 0.3 is 0 Å². The number of halogens is 1. The van der Waals surface area contributed by atoms with Gasteiger partial charge in [-0.15, -0.1) is 12.4 Å². The van der Waals surface area contributed by atoms with Crippen LogP contribution < -0.4 is 14.2 Å². The van der Waals surface area contributed by atoms with E-state index >= 15 is 0 Å². The van der Waals surface area contributed by atoms with Crippen molar-refractivity contribution in [2.24, 2.45) is 0 Å². The molecule has 0 aliphatic rings. The largest absolute Gasteiger partial charge is 0.493 e. The van der Waals surface area contributed by atoms with Crippen molar-refractivity contribution >= 4 is 18.2 Å². The summed E-state index contributed by atoms with van der Waals surface area (Å²) in [5.74, 6) is 1.58. The molecule has 0 spiro atoms. The third kappa shape index (κ3) is 5.07. The van der Waals surface area contributed by atoms with Crippen LogP contribution in [0.2, 0.25) is 0 Å². The molecule has 1 aromatic carbocycles. The van der Waals surface area contributed by atoms with Gasteiger partial charge in [0.2, 0.25) is 5.75 Å². The number of carbonyl (C=O) groups excluding carboxylic acids is 1. The molecule has 0 unspecified atom stereocenters. The highest BCUT2D eigenvalue weighted by molar-refractivity contribution is 5.97. The molecule has 1 rings (SSSR count). The van der Waals surface area contributed by atoms with E-state index in [0.717, 1.165) is 19.6 Å². The molecule has 22 heavy (non-hydrogen) atoms. The number of nitrogens with zero attached hydrogens (tertiary/aromatic N) is 1. The molecule has 126 valence electrons. The first-order valence-electron chi connectivity index (χ1n) is 7.16. The van der Waals surface area contributed by atoms with Crippen LogP contribution in [0.3, 0.4) is 0 Å². The van der Waals surface area contributed by atoms with Crippen LogP contribution in [0.4, 0.5) is 0 Å². The van der Waals surface area contributed by atoms with Gasteiger partial charge in [0, 0.05) is 18.5 Å². The topological polar surface area (TPSA) is 48.0 Å². The second kappa shape index (κ2) is 10.3. The molecule has 0 atom stereocenters. The molecular weight excluding hydrogens is 306 g/mol. The van der Waals surface area contributed by atoms with Gasteiger partial charge in [-0.3, -0.25) is 4.79 Å². The Morgan fingerprint density at radius 3 is 1.86 bits per heavy atom. The Morgan fingerprint density at radius 2 is 1.50 bits per heavy atom. The van der Waals surface area contributed by atoms with E-state index < -0.39 is 0 Å². The molecule has 0 bridgehead atoms. The molecular formula is C16H26ClNO4. The van der Waals surface area contributed by atoms with Crippen molar-refractivity contribution in [3.63, 3.8) is 0 Å². The average molecular weight is 332 g/mol. The number of benzene rings is 1. The normalized spacial score (nSPS) is 10.1.